The molecule has 0 bridgehead atoms. The molecule has 9 aromatic rings. The third kappa shape index (κ3) is 8.10. The van der Waals surface area contributed by atoms with Gasteiger partial charge in [-0.2, -0.15) is 10.5 Å². The van der Waals surface area contributed by atoms with E-state index in [0.29, 0.717) is 55.5 Å². The molecule has 332 valence electrons. The van der Waals surface area contributed by atoms with Crippen LogP contribution in [0.3, 0.4) is 0 Å². The fraction of sp³-hybridized carbons (Fsp3) is 0.0612. The lowest BCUT2D eigenvalue weighted by Gasteiger charge is -2.32. The van der Waals surface area contributed by atoms with Gasteiger partial charge >= 0.3 is 6.36 Å². The number of hydrogen-bond acceptors (Lipinski definition) is 13. The molecule has 6 aromatic carbocycles. The van der Waals surface area contributed by atoms with Crippen LogP contribution >= 0.6 is 23.5 Å². The summed E-state index contributed by atoms with van der Waals surface area (Å²) in [4.78, 5) is 39.6. The van der Waals surface area contributed by atoms with Crippen molar-refractivity contribution in [1.29, 1.82) is 10.5 Å². The van der Waals surface area contributed by atoms with E-state index < -0.39 is 29.7 Å². The molecule has 1 aliphatic rings. The number of hydrogen-bond donors (Lipinski definition) is 1. The zero-order valence-corrected chi connectivity index (χ0v) is 36.4. The van der Waals surface area contributed by atoms with E-state index in [1.165, 1.54) is 50.2 Å². The number of nitrogens with one attached hydrogen (secondary N) is 1. The molecule has 0 aliphatic carbocycles. The van der Waals surface area contributed by atoms with Crippen LogP contribution in [-0.2, 0) is 11.5 Å². The van der Waals surface area contributed by atoms with Gasteiger partial charge in [-0.05, 0) is 71.8 Å². The number of alkyl halides is 3. The Kier molecular flexibility index (Phi) is 11.3. The highest BCUT2D eigenvalue weighted by Gasteiger charge is 2.34. The molecule has 1 aliphatic heterocycles. The number of thioether (sulfide) groups is 2. The van der Waals surface area contributed by atoms with Gasteiger partial charge in [0.05, 0.1) is 45.5 Å². The summed E-state index contributed by atoms with van der Waals surface area (Å²) in [7, 11) is 0. The number of rotatable bonds is 9. The number of nitrogens with zero attached hydrogens (tertiary/aromatic N) is 9. The van der Waals surface area contributed by atoms with Crippen molar-refractivity contribution in [1.82, 2.24) is 24.3 Å². The Labute approximate surface area is 390 Å². The van der Waals surface area contributed by atoms with E-state index in [2.05, 4.69) is 32.5 Å². The number of anilines is 2. The van der Waals surface area contributed by atoms with Crippen molar-refractivity contribution < 1.29 is 31.9 Å². The molecule has 0 unspecified atom stereocenters. The molecule has 0 radical (unpaired) electrons. The number of halogens is 4. The molecule has 13 nitrogen and oxygen atoms in total. The van der Waals surface area contributed by atoms with Crippen LogP contribution in [0, 0.1) is 28.5 Å². The second-order valence-electron chi connectivity index (χ2n) is 15.0. The van der Waals surface area contributed by atoms with Gasteiger partial charge in [-0.1, -0.05) is 96.3 Å². The van der Waals surface area contributed by atoms with Crippen molar-refractivity contribution in [2.24, 2.45) is 4.99 Å². The second-order valence-corrected chi connectivity index (χ2v) is 16.9. The normalized spacial score (nSPS) is 12.3. The van der Waals surface area contributed by atoms with Gasteiger partial charge in [-0.25, -0.2) is 19.4 Å². The first-order valence-electron chi connectivity index (χ1n) is 20.4. The number of fused-ring (bicyclic) bond motifs is 6. The zero-order valence-electron chi connectivity index (χ0n) is 34.8. The van der Waals surface area contributed by atoms with E-state index in [1.54, 1.807) is 84.9 Å². The van der Waals surface area contributed by atoms with Gasteiger partial charge in [0, 0.05) is 33.9 Å². The van der Waals surface area contributed by atoms with Crippen LogP contribution < -0.4 is 15.2 Å². The summed E-state index contributed by atoms with van der Waals surface area (Å²) >= 11 is 2.38. The molecule has 68 heavy (non-hydrogen) atoms. The van der Waals surface area contributed by atoms with Gasteiger partial charge < -0.3 is 4.74 Å². The molecular weight excluding hydrogens is 917 g/mol. The molecule has 4 heterocycles. The largest absolute Gasteiger partial charge is 0.573 e. The SMILES string of the molecule is N#Cc1ccccc1CSC1=Nc2c(c3ccccc3n2C(=O)c2ccc(OC(F)(F)F)cc2)NN1c1cc(F)ccc1C(=O)n1c2ccccc2c2nnc(SCc3ccccc3C#N)nc21. The standard InChI is InChI=1S/C49H28F4N10O3S2/c50-33-19-22-37(46(65)62-38-15-7-5-13-35(38)41-43(62)56-47(59-58-41)67-26-31-11-3-1-9-29(31)24-54)40(23-33)63-48(68-27-32-12-4-2-10-30(32)25-55)57-44-42(60-63)36-14-6-8-16-39(36)61(44)45(64)28-17-20-34(21-18-28)66-49(51,52)53/h1-23,60H,26-27H2. The molecule has 10 rings (SSSR count). The van der Waals surface area contributed by atoms with E-state index in [4.69, 9.17) is 9.98 Å². The number of aliphatic imine (C=N–C) groups is 1. The maximum atomic E-state index is 15.8. The first-order chi connectivity index (χ1) is 33.0. The molecule has 3 aromatic heterocycles. The number of carbonyl (C=O) groups is 2. The molecule has 0 saturated heterocycles. The van der Waals surface area contributed by atoms with E-state index in [0.717, 1.165) is 35.5 Å². The summed E-state index contributed by atoms with van der Waals surface area (Å²) in [5.74, 6) is -1.83. The fourth-order valence-electron chi connectivity index (χ4n) is 7.81. The van der Waals surface area contributed by atoms with E-state index in [-0.39, 0.29) is 44.4 Å². The number of carbonyl (C=O) groups excluding carboxylic acids is 2. The summed E-state index contributed by atoms with van der Waals surface area (Å²) in [5, 5.41) is 31.3. The average molecular weight is 945 g/mol. The Morgan fingerprint density at radius 3 is 2.00 bits per heavy atom. The van der Waals surface area contributed by atoms with E-state index in [9.17, 15) is 28.5 Å². The van der Waals surface area contributed by atoms with Crippen LogP contribution in [0.5, 0.6) is 5.75 Å². The summed E-state index contributed by atoms with van der Waals surface area (Å²) in [5.41, 5.74) is 7.35. The minimum atomic E-state index is -4.94. The number of aromatic nitrogens is 5. The minimum Gasteiger partial charge on any atom is -0.406 e. The van der Waals surface area contributed by atoms with Crippen LogP contribution in [0.4, 0.5) is 34.8 Å². The van der Waals surface area contributed by atoms with Gasteiger partial charge in [0.2, 0.25) is 5.16 Å². The average Bonchev–Trinajstić information content (AvgIpc) is 3.86. The van der Waals surface area contributed by atoms with Crippen molar-refractivity contribution in [3.05, 3.63) is 179 Å². The number of amidine groups is 1. The number of ether oxygens (including phenoxy) is 1. The van der Waals surface area contributed by atoms with Crippen LogP contribution in [0.1, 0.15) is 43.0 Å². The predicted octanol–water partition coefficient (Wildman–Crippen LogP) is 11.2. The van der Waals surface area contributed by atoms with Gasteiger partial charge in [-0.3, -0.25) is 24.1 Å². The summed E-state index contributed by atoms with van der Waals surface area (Å²) < 4.78 is 61.5. The van der Waals surface area contributed by atoms with Gasteiger partial charge in [-0.15, -0.1) is 23.4 Å². The van der Waals surface area contributed by atoms with Crippen molar-refractivity contribution in [3.63, 3.8) is 0 Å². The Bertz CT molecular complexity index is 3640. The summed E-state index contributed by atoms with van der Waals surface area (Å²) in [6.45, 7) is 0. The van der Waals surface area contributed by atoms with Crippen LogP contribution in [0.25, 0.3) is 33.0 Å². The zero-order chi connectivity index (χ0) is 47.1. The highest BCUT2D eigenvalue weighted by molar-refractivity contribution is 8.13. The van der Waals surface area contributed by atoms with Crippen LogP contribution in [0.15, 0.2) is 150 Å². The molecule has 19 heteroatoms. The quantitative estimate of drug-likeness (QED) is 0.108. The van der Waals surface area contributed by atoms with Gasteiger partial charge in [0.25, 0.3) is 11.8 Å². The Balaban J connectivity index is 1.10. The Hall–Kier alpha value is -8.52. The molecule has 0 saturated carbocycles. The monoisotopic (exact) mass is 944 g/mol. The molecular formula is C49H28F4N10O3S2. The number of nitriles is 2. The number of hydrazine groups is 1. The second kappa shape index (κ2) is 17.7. The van der Waals surface area contributed by atoms with Crippen molar-refractivity contribution in [2.75, 3.05) is 10.4 Å². The molecule has 1 N–H and O–H groups in total. The van der Waals surface area contributed by atoms with Gasteiger partial charge in [0.15, 0.2) is 16.6 Å². The lowest BCUT2D eigenvalue weighted by molar-refractivity contribution is -0.274. The predicted molar refractivity (Wildman–Crippen MR) is 250 cm³/mol. The van der Waals surface area contributed by atoms with Crippen molar-refractivity contribution in [2.45, 2.75) is 23.0 Å². The summed E-state index contributed by atoms with van der Waals surface area (Å²) in [6.07, 6.45) is -4.94. The van der Waals surface area contributed by atoms with Crippen LogP contribution in [-0.4, -0.2) is 47.7 Å². The number of para-hydroxylation sites is 2. The maximum Gasteiger partial charge on any atom is 0.573 e. The third-order valence-corrected chi connectivity index (χ3v) is 12.8. The molecule has 0 fully saturated rings. The Morgan fingerprint density at radius 1 is 0.706 bits per heavy atom. The molecule has 0 atom stereocenters. The topological polar surface area (TPSA) is 167 Å². The smallest absolute Gasteiger partial charge is 0.406 e. The van der Waals surface area contributed by atoms with E-state index >= 15 is 9.18 Å². The first kappa shape index (κ1) is 43.4. The van der Waals surface area contributed by atoms with Crippen LogP contribution in [0.2, 0.25) is 0 Å². The van der Waals surface area contributed by atoms with Gasteiger partial charge in [0.1, 0.15) is 22.8 Å². The fourth-order valence-corrected chi connectivity index (χ4v) is 9.55. The summed E-state index contributed by atoms with van der Waals surface area (Å²) in [6, 6.07) is 40.6. The van der Waals surface area contributed by atoms with Crippen molar-refractivity contribution in [3.8, 4) is 17.9 Å². The number of benzene rings is 6. The minimum absolute atomic E-state index is 0.00692. The highest BCUT2D eigenvalue weighted by atomic mass is 32.2. The lowest BCUT2D eigenvalue weighted by Crippen LogP contribution is -2.38. The van der Waals surface area contributed by atoms with E-state index in [1.807, 2.05) is 12.1 Å². The molecule has 0 spiro atoms. The third-order valence-electron chi connectivity index (χ3n) is 10.9. The lowest BCUT2D eigenvalue weighted by atomic mass is 10.1. The maximum absolute atomic E-state index is 15.8. The van der Waals surface area contributed by atoms with Crippen molar-refractivity contribution >= 4 is 90.7 Å². The highest BCUT2D eigenvalue weighted by Crippen LogP contribution is 2.44. The Morgan fingerprint density at radius 2 is 1.32 bits per heavy atom. The molecule has 0 amide bonds. The first-order valence-corrected chi connectivity index (χ1v) is 22.4.